The van der Waals surface area contributed by atoms with Gasteiger partial charge in [0.1, 0.15) is 11.3 Å². The summed E-state index contributed by atoms with van der Waals surface area (Å²) in [6.07, 6.45) is 0. The Morgan fingerprint density at radius 2 is 1.82 bits per heavy atom. The second kappa shape index (κ2) is 7.92. The molecule has 1 heterocycles. The van der Waals surface area contributed by atoms with Gasteiger partial charge in [-0.25, -0.2) is 4.98 Å². The fourth-order valence-electron chi connectivity index (χ4n) is 2.63. The number of hydrogen-bond acceptors (Lipinski definition) is 4. The van der Waals surface area contributed by atoms with Gasteiger partial charge < -0.3 is 14.5 Å². The first-order valence-electron chi connectivity index (χ1n) is 8.42. The van der Waals surface area contributed by atoms with E-state index in [1.54, 1.807) is 42.5 Å². The number of anilines is 1. The Bertz CT molecular complexity index is 1110. The molecule has 1 aromatic heterocycles. The van der Waals surface area contributed by atoms with Crippen molar-refractivity contribution in [1.29, 1.82) is 0 Å². The first kappa shape index (κ1) is 18.3. The first-order chi connectivity index (χ1) is 13.6. The van der Waals surface area contributed by atoms with Crippen LogP contribution in [0.5, 0.6) is 5.75 Å². The molecule has 0 aliphatic carbocycles. The third kappa shape index (κ3) is 4.11. The molecule has 0 spiro atoms. The van der Waals surface area contributed by atoms with Crippen molar-refractivity contribution in [3.8, 4) is 17.2 Å². The average molecular weight is 413 g/mol. The minimum atomic E-state index is -0.305. The van der Waals surface area contributed by atoms with E-state index >= 15 is 0 Å². The second-order valence-corrected chi connectivity index (χ2v) is 6.82. The molecule has 0 aliphatic heterocycles. The number of fused-ring (bicyclic) bond motifs is 1. The molecule has 1 N–H and O–H groups in total. The van der Waals surface area contributed by atoms with Gasteiger partial charge in [-0.2, -0.15) is 0 Å². The van der Waals surface area contributed by atoms with E-state index in [0.29, 0.717) is 38.5 Å². The molecule has 0 saturated carbocycles. The van der Waals surface area contributed by atoms with Crippen molar-refractivity contribution < 1.29 is 13.9 Å². The molecule has 0 aliphatic rings. The van der Waals surface area contributed by atoms with Gasteiger partial charge in [-0.3, -0.25) is 4.79 Å². The lowest BCUT2D eigenvalue weighted by atomic mass is 10.2. The molecule has 1 amide bonds. The molecule has 7 heteroatoms. The van der Waals surface area contributed by atoms with Gasteiger partial charge in [-0.15, -0.1) is 0 Å². The number of ether oxygens (including phenoxy) is 1. The predicted octanol–water partition coefficient (Wildman–Crippen LogP) is 5.82. The van der Waals surface area contributed by atoms with Crippen LogP contribution < -0.4 is 10.1 Å². The Morgan fingerprint density at radius 1 is 1.04 bits per heavy atom. The number of carbonyl (C=O) groups is 1. The third-order valence-corrected chi connectivity index (χ3v) is 4.54. The van der Waals surface area contributed by atoms with Crippen molar-refractivity contribution in [2.24, 2.45) is 0 Å². The Hall–Kier alpha value is -3.02. The molecule has 140 valence electrons. The maximum Gasteiger partial charge on any atom is 0.262 e. The van der Waals surface area contributed by atoms with Crippen LogP contribution in [0.3, 0.4) is 0 Å². The van der Waals surface area contributed by atoms with Crippen LogP contribution in [0, 0.1) is 0 Å². The number of benzene rings is 3. The van der Waals surface area contributed by atoms with Crippen molar-refractivity contribution in [3.05, 3.63) is 76.8 Å². The van der Waals surface area contributed by atoms with Gasteiger partial charge in [0.25, 0.3) is 5.91 Å². The summed E-state index contributed by atoms with van der Waals surface area (Å²) >= 11 is 12.1. The smallest absolute Gasteiger partial charge is 0.262 e. The molecule has 3 aromatic carbocycles. The van der Waals surface area contributed by atoms with E-state index in [2.05, 4.69) is 10.3 Å². The number of rotatable bonds is 5. The molecule has 0 radical (unpaired) electrons. The van der Waals surface area contributed by atoms with Gasteiger partial charge in [0.2, 0.25) is 5.89 Å². The molecule has 0 saturated heterocycles. The minimum absolute atomic E-state index is 0.136. The zero-order valence-corrected chi connectivity index (χ0v) is 16.0. The summed E-state index contributed by atoms with van der Waals surface area (Å²) in [4.78, 5) is 16.6. The van der Waals surface area contributed by atoms with Crippen molar-refractivity contribution in [2.45, 2.75) is 0 Å². The highest BCUT2D eigenvalue weighted by molar-refractivity contribution is 6.33. The van der Waals surface area contributed by atoms with Crippen LogP contribution >= 0.6 is 23.2 Å². The average Bonchev–Trinajstić information content (AvgIpc) is 3.13. The molecule has 0 unspecified atom stereocenters. The molecule has 28 heavy (non-hydrogen) atoms. The highest BCUT2D eigenvalue weighted by Crippen LogP contribution is 2.32. The first-order valence-corrected chi connectivity index (χ1v) is 9.18. The molecule has 0 bridgehead atoms. The molecule has 4 rings (SSSR count). The minimum Gasteiger partial charge on any atom is -0.484 e. The van der Waals surface area contributed by atoms with Crippen molar-refractivity contribution in [3.63, 3.8) is 0 Å². The second-order valence-electron chi connectivity index (χ2n) is 5.97. The van der Waals surface area contributed by atoms with Crippen molar-refractivity contribution >= 4 is 45.9 Å². The van der Waals surface area contributed by atoms with E-state index < -0.39 is 0 Å². The number of carbonyl (C=O) groups excluding carboxylic acids is 1. The zero-order chi connectivity index (χ0) is 19.5. The van der Waals surface area contributed by atoms with E-state index in [4.69, 9.17) is 32.4 Å². The van der Waals surface area contributed by atoms with Crippen LogP contribution in [-0.2, 0) is 4.79 Å². The summed E-state index contributed by atoms with van der Waals surface area (Å²) in [5.74, 6) is 0.642. The quantitative estimate of drug-likeness (QED) is 0.448. The van der Waals surface area contributed by atoms with Gasteiger partial charge in [-0.1, -0.05) is 35.3 Å². The van der Waals surface area contributed by atoms with Crippen molar-refractivity contribution in [1.82, 2.24) is 4.98 Å². The Labute approximate surface area is 170 Å². The lowest BCUT2D eigenvalue weighted by molar-refractivity contribution is -0.118. The van der Waals surface area contributed by atoms with E-state index in [1.807, 2.05) is 24.3 Å². The van der Waals surface area contributed by atoms with Gasteiger partial charge in [-0.05, 0) is 54.6 Å². The zero-order valence-electron chi connectivity index (χ0n) is 14.5. The molecule has 0 fully saturated rings. The van der Waals surface area contributed by atoms with Gasteiger partial charge >= 0.3 is 0 Å². The summed E-state index contributed by atoms with van der Waals surface area (Å²) in [7, 11) is 0. The van der Waals surface area contributed by atoms with Crippen LogP contribution in [0.2, 0.25) is 10.0 Å². The van der Waals surface area contributed by atoms with E-state index in [0.717, 1.165) is 5.52 Å². The number of para-hydroxylation sites is 2. The van der Waals surface area contributed by atoms with Gasteiger partial charge in [0.05, 0.1) is 10.6 Å². The number of oxazole rings is 1. The fourth-order valence-corrected chi connectivity index (χ4v) is 2.96. The Balaban J connectivity index is 1.48. The summed E-state index contributed by atoms with van der Waals surface area (Å²) < 4.78 is 11.2. The maximum atomic E-state index is 12.2. The maximum absolute atomic E-state index is 12.2. The van der Waals surface area contributed by atoms with Crippen LogP contribution in [0.4, 0.5) is 5.69 Å². The van der Waals surface area contributed by atoms with Crippen LogP contribution in [0.15, 0.2) is 71.1 Å². The van der Waals surface area contributed by atoms with Crippen molar-refractivity contribution in [2.75, 3.05) is 11.9 Å². The van der Waals surface area contributed by atoms with E-state index in [1.165, 1.54) is 0 Å². The number of hydrogen-bond donors (Lipinski definition) is 1. The summed E-state index contributed by atoms with van der Waals surface area (Å²) in [6.45, 7) is -0.136. The Morgan fingerprint density at radius 3 is 2.61 bits per heavy atom. The summed E-state index contributed by atoms with van der Waals surface area (Å²) in [6, 6.07) is 19.3. The molecular formula is C21H14Cl2N2O3. The number of halogens is 2. The normalized spacial score (nSPS) is 10.8. The van der Waals surface area contributed by atoms with E-state index in [-0.39, 0.29) is 12.5 Å². The molecular weight excluding hydrogens is 399 g/mol. The summed E-state index contributed by atoms with van der Waals surface area (Å²) in [5, 5.41) is 3.85. The predicted molar refractivity (Wildman–Crippen MR) is 110 cm³/mol. The lowest BCUT2D eigenvalue weighted by Crippen LogP contribution is -2.20. The van der Waals surface area contributed by atoms with E-state index in [9.17, 15) is 4.79 Å². The highest BCUT2D eigenvalue weighted by atomic mass is 35.5. The molecule has 5 nitrogen and oxygen atoms in total. The molecule has 4 aromatic rings. The third-order valence-electron chi connectivity index (χ3n) is 3.96. The SMILES string of the molecule is O=C(COc1ccc(Cl)cc1)Nc1ccc(Cl)c(-c2nc3ccccc3o2)c1. The summed E-state index contributed by atoms with van der Waals surface area (Å²) in [5.41, 5.74) is 2.55. The van der Waals surface area contributed by atoms with Gasteiger partial charge in [0, 0.05) is 10.7 Å². The molecule has 0 atom stereocenters. The number of amides is 1. The van der Waals surface area contributed by atoms with Gasteiger partial charge in [0.15, 0.2) is 12.2 Å². The van der Waals surface area contributed by atoms with Crippen LogP contribution in [0.1, 0.15) is 0 Å². The lowest BCUT2D eigenvalue weighted by Gasteiger charge is -2.09. The number of nitrogens with one attached hydrogen (secondary N) is 1. The number of nitrogens with zero attached hydrogens (tertiary/aromatic N) is 1. The van der Waals surface area contributed by atoms with Crippen LogP contribution in [-0.4, -0.2) is 17.5 Å². The largest absolute Gasteiger partial charge is 0.484 e. The monoisotopic (exact) mass is 412 g/mol. The van der Waals surface area contributed by atoms with Crippen LogP contribution in [0.25, 0.3) is 22.6 Å². The topological polar surface area (TPSA) is 64.4 Å². The number of aromatic nitrogens is 1. The fraction of sp³-hybridized carbons (Fsp3) is 0.0476. The highest BCUT2D eigenvalue weighted by Gasteiger charge is 2.13. The standard InChI is InChI=1S/C21H14Cl2N2O3/c22-13-5-8-15(9-6-13)27-12-20(26)24-14-7-10-17(23)16(11-14)21-25-18-3-1-2-4-19(18)28-21/h1-11H,12H2,(H,24,26). The Kier molecular flexibility index (Phi) is 5.19.